The molecule has 198 valence electrons. The van der Waals surface area contributed by atoms with Gasteiger partial charge in [-0.3, -0.25) is 4.79 Å². The van der Waals surface area contributed by atoms with Gasteiger partial charge in [-0.05, 0) is 49.2 Å². The highest BCUT2D eigenvalue weighted by Crippen LogP contribution is 2.37. The first kappa shape index (κ1) is 28.0. The molecule has 4 rings (SSSR count). The van der Waals surface area contributed by atoms with E-state index in [4.69, 9.17) is 32.7 Å². The number of amides is 1. The van der Waals surface area contributed by atoms with Crippen molar-refractivity contribution in [3.8, 4) is 16.9 Å². The topological polar surface area (TPSA) is 95.3 Å². The lowest BCUT2D eigenvalue weighted by Gasteiger charge is -2.15. The Morgan fingerprint density at radius 2 is 1.89 bits per heavy atom. The maximum atomic E-state index is 12.8. The number of aryl methyl sites for hydroxylation is 1. The minimum absolute atomic E-state index is 0.0553. The highest BCUT2D eigenvalue weighted by Gasteiger charge is 2.23. The number of nitrogens with one attached hydrogen (secondary N) is 1. The third kappa shape index (κ3) is 6.32. The monoisotopic (exact) mass is 590 g/mol. The summed E-state index contributed by atoms with van der Waals surface area (Å²) in [5, 5.41) is 15.1. The van der Waals surface area contributed by atoms with Crippen LogP contribution in [-0.4, -0.2) is 39.5 Å². The number of esters is 1. The van der Waals surface area contributed by atoms with Gasteiger partial charge in [-0.2, -0.15) is 0 Å². The highest BCUT2D eigenvalue weighted by molar-refractivity contribution is 7.99. The van der Waals surface area contributed by atoms with Gasteiger partial charge in [0, 0.05) is 23.0 Å². The molecule has 1 amide bonds. The van der Waals surface area contributed by atoms with E-state index in [1.165, 1.54) is 30.2 Å². The van der Waals surface area contributed by atoms with Crippen LogP contribution in [0.3, 0.4) is 0 Å². The molecule has 0 saturated carbocycles. The predicted octanol–water partition coefficient (Wildman–Crippen LogP) is 6.82. The zero-order valence-corrected chi connectivity index (χ0v) is 24.1. The molecule has 0 aliphatic heterocycles. The summed E-state index contributed by atoms with van der Waals surface area (Å²) in [5.74, 6) is 0.361. The summed E-state index contributed by atoms with van der Waals surface area (Å²) in [6.07, 6.45) is -0.421. The van der Waals surface area contributed by atoms with Crippen LogP contribution in [0.25, 0.3) is 11.1 Å². The number of carbonyl (C=O) groups is 2. The van der Waals surface area contributed by atoms with Crippen LogP contribution in [0.15, 0.2) is 53.0 Å². The summed E-state index contributed by atoms with van der Waals surface area (Å²) in [5.41, 5.74) is 2.76. The van der Waals surface area contributed by atoms with E-state index in [2.05, 4.69) is 15.5 Å². The first-order chi connectivity index (χ1) is 18.2. The molecular weight excluding hydrogens is 567 g/mol. The van der Waals surface area contributed by atoms with Crippen molar-refractivity contribution in [1.82, 2.24) is 14.8 Å². The molecule has 4 aromatic rings. The lowest BCUT2D eigenvalue weighted by atomic mass is 10.0. The van der Waals surface area contributed by atoms with Crippen molar-refractivity contribution in [1.29, 1.82) is 0 Å². The average Bonchev–Trinajstić information content (AvgIpc) is 3.48. The molecule has 1 unspecified atom stereocenters. The number of rotatable bonds is 9. The van der Waals surface area contributed by atoms with E-state index in [1.807, 2.05) is 38.1 Å². The Morgan fingerprint density at radius 3 is 2.61 bits per heavy atom. The number of methoxy groups -OCH3 is 1. The van der Waals surface area contributed by atoms with Crippen LogP contribution in [0.4, 0.5) is 5.00 Å². The summed E-state index contributed by atoms with van der Waals surface area (Å²) in [4.78, 5) is 25.4. The molecule has 0 fully saturated rings. The van der Waals surface area contributed by atoms with Crippen molar-refractivity contribution < 1.29 is 19.1 Å². The molecular formula is C26H24Cl2N4O4S2. The standard InChI is InChI=1S/C26H24Cl2N4O4S2/c1-14-5-10-19(28)20(11-14)36-15(2)23-30-31-26(32(23)3)38-13-21(33)29-24-22(25(34)35-4)18(12-37-24)16-6-8-17(27)9-7-16/h5-12,15H,13H2,1-4H3,(H,29,33). The number of thiophene rings is 1. The molecule has 0 radical (unpaired) electrons. The Balaban J connectivity index is 1.43. The molecule has 2 aromatic carbocycles. The second-order valence-electron chi connectivity index (χ2n) is 8.28. The van der Waals surface area contributed by atoms with Gasteiger partial charge in [0.25, 0.3) is 0 Å². The van der Waals surface area contributed by atoms with E-state index < -0.39 is 12.1 Å². The summed E-state index contributed by atoms with van der Waals surface area (Å²) in [6, 6.07) is 12.6. The van der Waals surface area contributed by atoms with E-state index in [9.17, 15) is 9.59 Å². The highest BCUT2D eigenvalue weighted by atomic mass is 35.5. The first-order valence-electron chi connectivity index (χ1n) is 11.4. The van der Waals surface area contributed by atoms with Crippen LogP contribution in [0.2, 0.25) is 10.0 Å². The van der Waals surface area contributed by atoms with Gasteiger partial charge < -0.3 is 19.4 Å². The van der Waals surface area contributed by atoms with Gasteiger partial charge in [-0.25, -0.2) is 4.79 Å². The van der Waals surface area contributed by atoms with Gasteiger partial charge in [0.15, 0.2) is 17.1 Å². The third-order valence-corrected chi connectivity index (χ3v) is 8.02. The van der Waals surface area contributed by atoms with E-state index in [0.29, 0.717) is 42.9 Å². The zero-order chi connectivity index (χ0) is 27.4. The normalized spacial score (nSPS) is 11.7. The molecule has 12 heteroatoms. The number of hydrogen-bond donors (Lipinski definition) is 1. The van der Waals surface area contributed by atoms with E-state index in [-0.39, 0.29) is 11.7 Å². The fraction of sp³-hybridized carbons (Fsp3) is 0.231. The second-order valence-corrected chi connectivity index (χ2v) is 10.9. The number of nitrogens with zero attached hydrogens (tertiary/aromatic N) is 3. The fourth-order valence-corrected chi connectivity index (χ4v) is 5.62. The number of thioether (sulfide) groups is 1. The van der Waals surface area contributed by atoms with Gasteiger partial charge in [-0.15, -0.1) is 21.5 Å². The van der Waals surface area contributed by atoms with Gasteiger partial charge in [0.05, 0.1) is 17.9 Å². The number of benzene rings is 2. The summed E-state index contributed by atoms with van der Waals surface area (Å²) < 4.78 is 12.8. The van der Waals surface area contributed by atoms with Crippen LogP contribution in [-0.2, 0) is 16.6 Å². The largest absolute Gasteiger partial charge is 0.481 e. The van der Waals surface area contributed by atoms with E-state index in [0.717, 1.165) is 11.1 Å². The van der Waals surface area contributed by atoms with Crippen molar-refractivity contribution in [3.05, 3.63) is 74.8 Å². The molecule has 0 bridgehead atoms. The smallest absolute Gasteiger partial charge is 0.341 e. The van der Waals surface area contributed by atoms with Gasteiger partial charge in [0.2, 0.25) is 5.91 Å². The lowest BCUT2D eigenvalue weighted by Crippen LogP contribution is -2.16. The number of aromatic nitrogens is 3. The Bertz CT molecular complexity index is 1470. The van der Waals surface area contributed by atoms with Crippen molar-refractivity contribution in [2.45, 2.75) is 25.1 Å². The van der Waals surface area contributed by atoms with Crippen LogP contribution in [0.1, 0.15) is 34.8 Å². The van der Waals surface area contributed by atoms with Crippen molar-refractivity contribution >= 4 is 63.2 Å². The predicted molar refractivity (Wildman–Crippen MR) is 152 cm³/mol. The Kier molecular flexibility index (Phi) is 8.99. The number of halogens is 2. The summed E-state index contributed by atoms with van der Waals surface area (Å²) in [7, 11) is 3.11. The molecule has 0 saturated heterocycles. The van der Waals surface area contributed by atoms with E-state index >= 15 is 0 Å². The molecule has 0 aliphatic carbocycles. The first-order valence-corrected chi connectivity index (χ1v) is 14.0. The van der Waals surface area contributed by atoms with Crippen LogP contribution >= 0.6 is 46.3 Å². The SMILES string of the molecule is COC(=O)c1c(-c2ccc(Cl)cc2)csc1NC(=O)CSc1nnc(C(C)Oc2cc(C)ccc2Cl)n1C. The van der Waals surface area contributed by atoms with Gasteiger partial charge >= 0.3 is 5.97 Å². The number of carbonyl (C=O) groups excluding carboxylic acids is 2. The molecule has 1 N–H and O–H groups in total. The van der Waals surface area contributed by atoms with Crippen molar-refractivity contribution in [2.75, 3.05) is 18.2 Å². The molecule has 1 atom stereocenters. The zero-order valence-electron chi connectivity index (χ0n) is 21.0. The minimum Gasteiger partial charge on any atom is -0.481 e. The quantitative estimate of drug-likeness (QED) is 0.169. The molecule has 2 aromatic heterocycles. The maximum Gasteiger partial charge on any atom is 0.341 e. The average molecular weight is 592 g/mol. The molecule has 0 spiro atoms. The Labute approximate surface area is 238 Å². The minimum atomic E-state index is -0.542. The lowest BCUT2D eigenvalue weighted by molar-refractivity contribution is -0.113. The Morgan fingerprint density at radius 1 is 1.16 bits per heavy atom. The number of hydrogen-bond acceptors (Lipinski definition) is 8. The molecule has 38 heavy (non-hydrogen) atoms. The summed E-state index contributed by atoms with van der Waals surface area (Å²) >= 11 is 14.7. The Hall–Kier alpha value is -3.05. The van der Waals surface area contributed by atoms with Gasteiger partial charge in [0.1, 0.15) is 16.3 Å². The van der Waals surface area contributed by atoms with E-state index in [1.54, 1.807) is 35.2 Å². The maximum absolute atomic E-state index is 12.8. The fourth-order valence-electron chi connectivity index (χ4n) is 3.64. The third-order valence-electron chi connectivity index (χ3n) is 5.54. The van der Waals surface area contributed by atoms with Crippen molar-refractivity contribution in [3.63, 3.8) is 0 Å². The van der Waals surface area contributed by atoms with Crippen molar-refractivity contribution in [2.24, 2.45) is 7.05 Å². The van der Waals surface area contributed by atoms with Crippen LogP contribution < -0.4 is 10.1 Å². The van der Waals surface area contributed by atoms with Crippen LogP contribution in [0.5, 0.6) is 5.75 Å². The molecule has 0 aliphatic rings. The number of anilines is 1. The molecule has 8 nitrogen and oxygen atoms in total. The second kappa shape index (κ2) is 12.2. The summed E-state index contributed by atoms with van der Waals surface area (Å²) in [6.45, 7) is 3.81. The number of ether oxygens (including phenoxy) is 2. The van der Waals surface area contributed by atoms with Crippen LogP contribution in [0, 0.1) is 6.92 Å². The van der Waals surface area contributed by atoms with Gasteiger partial charge in [-0.1, -0.05) is 53.2 Å². The molecule has 2 heterocycles.